The Bertz CT molecular complexity index is 617. The van der Waals surface area contributed by atoms with Crippen molar-refractivity contribution in [3.63, 3.8) is 0 Å². The zero-order valence-electron chi connectivity index (χ0n) is 13.8. The van der Waals surface area contributed by atoms with Crippen LogP contribution in [0.5, 0.6) is 0 Å². The first-order chi connectivity index (χ1) is 11.1. The molecule has 1 aliphatic heterocycles. The molecule has 0 unspecified atom stereocenters. The van der Waals surface area contributed by atoms with E-state index < -0.39 is 0 Å². The third kappa shape index (κ3) is 3.39. The number of thioether (sulfide) groups is 1. The molecular formula is C18H24N2O2S. The summed E-state index contributed by atoms with van der Waals surface area (Å²) in [5.41, 5.74) is 2.76. The molecule has 23 heavy (non-hydrogen) atoms. The Morgan fingerprint density at radius 1 is 1.35 bits per heavy atom. The number of benzene rings is 1. The van der Waals surface area contributed by atoms with Crippen molar-refractivity contribution in [1.29, 1.82) is 0 Å². The summed E-state index contributed by atoms with van der Waals surface area (Å²) in [5, 5.41) is 3.76. The van der Waals surface area contributed by atoms with Crippen LogP contribution in [0.25, 0.3) is 0 Å². The van der Waals surface area contributed by atoms with Crippen LogP contribution in [-0.2, 0) is 11.2 Å². The van der Waals surface area contributed by atoms with E-state index in [1.54, 1.807) is 11.8 Å². The number of amides is 2. The van der Waals surface area contributed by atoms with E-state index in [1.807, 2.05) is 30.0 Å². The topological polar surface area (TPSA) is 49.4 Å². The van der Waals surface area contributed by atoms with Crippen molar-refractivity contribution >= 4 is 29.3 Å². The van der Waals surface area contributed by atoms with Crippen molar-refractivity contribution < 1.29 is 9.59 Å². The quantitative estimate of drug-likeness (QED) is 0.922. The number of nitrogens with zero attached hydrogens (tertiary/aromatic N) is 1. The summed E-state index contributed by atoms with van der Waals surface area (Å²) in [6.45, 7) is 4.47. The Morgan fingerprint density at radius 3 is 2.91 bits per heavy atom. The molecule has 1 heterocycles. The minimum atomic E-state index is 0.0164. The number of nitrogens with one attached hydrogen (secondary N) is 1. The van der Waals surface area contributed by atoms with Crippen LogP contribution in [-0.4, -0.2) is 35.4 Å². The Labute approximate surface area is 142 Å². The molecule has 5 heteroatoms. The highest BCUT2D eigenvalue weighted by atomic mass is 32.2. The molecule has 1 N–H and O–H groups in total. The van der Waals surface area contributed by atoms with E-state index in [2.05, 4.69) is 12.2 Å². The average molecular weight is 332 g/mol. The fraction of sp³-hybridized carbons (Fsp3) is 0.556. The molecular weight excluding hydrogens is 308 g/mol. The first-order valence-electron chi connectivity index (χ1n) is 8.43. The van der Waals surface area contributed by atoms with Gasteiger partial charge in [-0.2, -0.15) is 11.8 Å². The van der Waals surface area contributed by atoms with Crippen molar-refractivity contribution in [3.05, 3.63) is 29.3 Å². The van der Waals surface area contributed by atoms with E-state index in [0.717, 1.165) is 29.8 Å². The Morgan fingerprint density at radius 2 is 2.17 bits per heavy atom. The highest BCUT2D eigenvalue weighted by molar-refractivity contribution is 7.99. The first-order valence-corrected chi connectivity index (χ1v) is 9.48. The van der Waals surface area contributed by atoms with Crippen molar-refractivity contribution in [2.45, 2.75) is 50.8 Å². The van der Waals surface area contributed by atoms with Gasteiger partial charge in [-0.25, -0.2) is 0 Å². The van der Waals surface area contributed by atoms with Crippen molar-refractivity contribution in [2.24, 2.45) is 0 Å². The second-order valence-electron chi connectivity index (χ2n) is 6.27. The predicted octanol–water partition coefficient (Wildman–Crippen LogP) is 3.00. The number of carbonyl (C=O) groups excluding carboxylic acids is 2. The average Bonchev–Trinajstić information content (AvgIpc) is 3.14. The van der Waals surface area contributed by atoms with Crippen LogP contribution in [0.4, 0.5) is 5.69 Å². The number of hydrogen-bond donors (Lipinski definition) is 1. The Hall–Kier alpha value is -1.49. The minimum Gasteiger partial charge on any atom is -0.348 e. The summed E-state index contributed by atoms with van der Waals surface area (Å²) >= 11 is 1.95. The first kappa shape index (κ1) is 16.4. The molecule has 4 nitrogen and oxygen atoms in total. The van der Waals surface area contributed by atoms with Crippen LogP contribution in [0.15, 0.2) is 18.2 Å². The number of carbonyl (C=O) groups is 2. The van der Waals surface area contributed by atoms with Gasteiger partial charge in [0.15, 0.2) is 0 Å². The highest BCUT2D eigenvalue weighted by Gasteiger charge is 2.29. The number of hydrogen-bond acceptors (Lipinski definition) is 3. The van der Waals surface area contributed by atoms with Crippen LogP contribution >= 0.6 is 11.8 Å². The fourth-order valence-corrected chi connectivity index (χ4v) is 4.82. The molecule has 1 aromatic rings. The summed E-state index contributed by atoms with van der Waals surface area (Å²) in [7, 11) is 0. The largest absolute Gasteiger partial charge is 0.348 e. The van der Waals surface area contributed by atoms with Crippen LogP contribution in [0.1, 0.15) is 49.0 Å². The number of fused-ring (bicyclic) bond motifs is 1. The molecule has 1 aromatic carbocycles. The van der Waals surface area contributed by atoms with Gasteiger partial charge in [-0.1, -0.05) is 13.3 Å². The molecule has 1 aliphatic carbocycles. The summed E-state index contributed by atoms with van der Waals surface area (Å²) in [6.07, 6.45) is 4.29. The summed E-state index contributed by atoms with van der Waals surface area (Å²) < 4.78 is 0. The molecule has 3 rings (SSSR count). The zero-order valence-corrected chi connectivity index (χ0v) is 14.6. The lowest BCUT2D eigenvalue weighted by molar-refractivity contribution is -0.116. The standard InChI is InChI=1S/C18H24N2O2S/c1-3-23-17-6-4-5-15(17)19-18(22)14-7-8-16-13(11-14)9-10-20(16)12(2)21/h7-8,11,15,17H,3-6,9-10H2,1-2H3,(H,19,22)/t15-,17+/m0/s1. The van der Waals surface area contributed by atoms with Gasteiger partial charge >= 0.3 is 0 Å². The van der Waals surface area contributed by atoms with Gasteiger partial charge < -0.3 is 10.2 Å². The molecule has 0 aromatic heterocycles. The smallest absolute Gasteiger partial charge is 0.251 e. The SMILES string of the molecule is CCS[C@@H]1CCC[C@@H]1NC(=O)c1ccc2c(c1)CCN2C(C)=O. The van der Waals surface area contributed by atoms with Crippen LogP contribution in [0.2, 0.25) is 0 Å². The minimum absolute atomic E-state index is 0.0164. The number of anilines is 1. The third-order valence-electron chi connectivity index (χ3n) is 4.77. The molecule has 2 amide bonds. The van der Waals surface area contributed by atoms with E-state index in [1.165, 1.54) is 12.8 Å². The molecule has 124 valence electrons. The monoisotopic (exact) mass is 332 g/mol. The van der Waals surface area contributed by atoms with Gasteiger partial charge in [0.05, 0.1) is 0 Å². The number of rotatable bonds is 4. The summed E-state index contributed by atoms with van der Waals surface area (Å²) in [6, 6.07) is 5.98. The summed E-state index contributed by atoms with van der Waals surface area (Å²) in [4.78, 5) is 25.9. The summed E-state index contributed by atoms with van der Waals surface area (Å²) in [5.74, 6) is 1.17. The van der Waals surface area contributed by atoms with Gasteiger partial charge in [-0.15, -0.1) is 0 Å². The van der Waals surface area contributed by atoms with Gasteiger partial charge in [0, 0.05) is 36.0 Å². The second kappa shape index (κ2) is 6.95. The predicted molar refractivity (Wildman–Crippen MR) is 95.2 cm³/mol. The highest BCUT2D eigenvalue weighted by Crippen LogP contribution is 2.31. The maximum absolute atomic E-state index is 12.6. The van der Waals surface area contributed by atoms with Gasteiger partial charge in [0.1, 0.15) is 0 Å². The lowest BCUT2D eigenvalue weighted by Gasteiger charge is -2.20. The second-order valence-corrected chi connectivity index (χ2v) is 7.78. The molecule has 0 bridgehead atoms. The van der Waals surface area contributed by atoms with Gasteiger partial charge in [0.25, 0.3) is 5.91 Å². The third-order valence-corrected chi connectivity index (χ3v) is 6.09. The van der Waals surface area contributed by atoms with Crippen LogP contribution < -0.4 is 10.2 Å². The maximum Gasteiger partial charge on any atom is 0.251 e. The Balaban J connectivity index is 1.70. The van der Waals surface area contributed by atoms with Crippen molar-refractivity contribution in [2.75, 3.05) is 17.2 Å². The van der Waals surface area contributed by atoms with E-state index in [0.29, 0.717) is 17.4 Å². The Kier molecular flexibility index (Phi) is 4.95. The zero-order chi connectivity index (χ0) is 16.4. The normalized spacial score (nSPS) is 23.0. The van der Waals surface area contributed by atoms with E-state index >= 15 is 0 Å². The van der Waals surface area contributed by atoms with Crippen LogP contribution in [0.3, 0.4) is 0 Å². The maximum atomic E-state index is 12.6. The van der Waals surface area contributed by atoms with Gasteiger partial charge in [-0.05, 0) is 48.8 Å². The van der Waals surface area contributed by atoms with Gasteiger partial charge in [-0.3, -0.25) is 9.59 Å². The van der Waals surface area contributed by atoms with Crippen molar-refractivity contribution in [3.8, 4) is 0 Å². The lowest BCUT2D eigenvalue weighted by Crippen LogP contribution is -2.38. The molecule has 1 saturated carbocycles. The molecule has 2 atom stereocenters. The molecule has 1 fully saturated rings. The molecule has 0 saturated heterocycles. The molecule has 0 radical (unpaired) electrons. The van der Waals surface area contributed by atoms with Crippen LogP contribution in [0, 0.1) is 0 Å². The molecule has 0 spiro atoms. The molecule has 2 aliphatic rings. The van der Waals surface area contributed by atoms with E-state index in [-0.39, 0.29) is 17.9 Å². The van der Waals surface area contributed by atoms with Gasteiger partial charge in [0.2, 0.25) is 5.91 Å². The lowest BCUT2D eigenvalue weighted by atomic mass is 10.1. The van der Waals surface area contributed by atoms with E-state index in [9.17, 15) is 9.59 Å². The van der Waals surface area contributed by atoms with E-state index in [4.69, 9.17) is 0 Å². The van der Waals surface area contributed by atoms with Crippen molar-refractivity contribution in [1.82, 2.24) is 5.32 Å². The fourth-order valence-electron chi connectivity index (χ4n) is 3.63.